The van der Waals surface area contributed by atoms with Crippen molar-refractivity contribution in [2.45, 2.75) is 13.8 Å². The van der Waals surface area contributed by atoms with E-state index < -0.39 is 5.91 Å². The number of hydrogen-bond acceptors (Lipinski definition) is 4. The van der Waals surface area contributed by atoms with Gasteiger partial charge in [0, 0.05) is 13.1 Å². The lowest BCUT2D eigenvalue weighted by molar-refractivity contribution is -0.112. The van der Waals surface area contributed by atoms with E-state index in [1.807, 2.05) is 44.2 Å². The van der Waals surface area contributed by atoms with Crippen LogP contribution in [0.3, 0.4) is 0 Å². The van der Waals surface area contributed by atoms with Crippen LogP contribution >= 0.6 is 0 Å². The van der Waals surface area contributed by atoms with Crippen LogP contribution < -0.4 is 5.32 Å². The fraction of sp³-hybridized carbons (Fsp3) is 0.158. The van der Waals surface area contributed by atoms with Gasteiger partial charge in [0.05, 0.1) is 29.6 Å². The van der Waals surface area contributed by atoms with E-state index in [1.165, 1.54) is 6.08 Å². The summed E-state index contributed by atoms with van der Waals surface area (Å²) < 4.78 is 3.37. The van der Waals surface area contributed by atoms with Crippen LogP contribution in [0.25, 0.3) is 11.8 Å². The monoisotopic (exact) mass is 346 g/mol. The van der Waals surface area contributed by atoms with Gasteiger partial charge in [0.15, 0.2) is 0 Å². The minimum Gasteiger partial charge on any atom is -0.334 e. The Hall–Kier alpha value is -3.66. The summed E-state index contributed by atoms with van der Waals surface area (Å²) >= 11 is 0. The molecule has 0 radical (unpaired) electrons. The average molecular weight is 346 g/mol. The smallest absolute Gasteiger partial charge is 0.267 e. The summed E-state index contributed by atoms with van der Waals surface area (Å²) in [4.78, 5) is 16.5. The van der Waals surface area contributed by atoms with Gasteiger partial charge in [0.1, 0.15) is 17.5 Å². The number of nitrogens with one attached hydrogen (secondary N) is 1. The molecule has 0 saturated carbocycles. The van der Waals surface area contributed by atoms with Gasteiger partial charge in [-0.1, -0.05) is 17.7 Å². The van der Waals surface area contributed by atoms with Gasteiger partial charge in [-0.25, -0.2) is 9.67 Å². The molecule has 7 nitrogen and oxygen atoms in total. The highest BCUT2D eigenvalue weighted by Gasteiger charge is 2.15. The summed E-state index contributed by atoms with van der Waals surface area (Å²) in [5.41, 5.74) is 3.38. The zero-order valence-corrected chi connectivity index (χ0v) is 14.8. The number of nitrogens with zero attached hydrogens (tertiary/aromatic N) is 5. The Morgan fingerprint density at radius 3 is 2.62 bits per heavy atom. The SMILES string of the molecule is Cc1ccc(-n2nc(C)cc2NC(=O)/C(C#N)=C\c2cncn2C)cc1. The van der Waals surface area contributed by atoms with Crippen molar-refractivity contribution in [2.24, 2.45) is 7.05 Å². The minimum atomic E-state index is -0.498. The third kappa shape index (κ3) is 3.54. The number of carbonyl (C=O) groups is 1. The van der Waals surface area contributed by atoms with Gasteiger partial charge in [0.25, 0.3) is 5.91 Å². The maximum Gasteiger partial charge on any atom is 0.267 e. The van der Waals surface area contributed by atoms with Gasteiger partial charge in [-0.2, -0.15) is 10.4 Å². The lowest BCUT2D eigenvalue weighted by Gasteiger charge is -2.09. The van der Waals surface area contributed by atoms with Crippen molar-refractivity contribution in [1.29, 1.82) is 5.26 Å². The zero-order valence-electron chi connectivity index (χ0n) is 14.8. The number of carbonyl (C=O) groups excluding carboxylic acids is 1. The quantitative estimate of drug-likeness (QED) is 0.581. The molecule has 0 aliphatic heterocycles. The first-order valence-corrected chi connectivity index (χ1v) is 8.01. The van der Waals surface area contributed by atoms with Crippen LogP contribution in [-0.2, 0) is 11.8 Å². The van der Waals surface area contributed by atoms with E-state index in [4.69, 9.17) is 0 Å². The molecule has 7 heteroatoms. The molecule has 0 aliphatic rings. The van der Waals surface area contributed by atoms with E-state index in [-0.39, 0.29) is 5.57 Å². The zero-order chi connectivity index (χ0) is 18.7. The Labute approximate surface area is 151 Å². The molecule has 2 aromatic heterocycles. The predicted molar refractivity (Wildman–Crippen MR) is 98.5 cm³/mol. The van der Waals surface area contributed by atoms with Crippen molar-refractivity contribution >= 4 is 17.8 Å². The Morgan fingerprint density at radius 1 is 1.27 bits per heavy atom. The summed E-state index contributed by atoms with van der Waals surface area (Å²) in [6.45, 7) is 3.85. The molecule has 3 aromatic rings. The third-order valence-electron chi connectivity index (χ3n) is 3.86. The van der Waals surface area contributed by atoms with Crippen molar-refractivity contribution in [2.75, 3.05) is 5.32 Å². The second kappa shape index (κ2) is 7.07. The number of amides is 1. The van der Waals surface area contributed by atoms with Crippen LogP contribution in [0.15, 0.2) is 48.4 Å². The van der Waals surface area contributed by atoms with E-state index in [0.29, 0.717) is 11.5 Å². The second-order valence-electron chi connectivity index (χ2n) is 5.97. The lowest BCUT2D eigenvalue weighted by Crippen LogP contribution is -2.16. The summed E-state index contributed by atoms with van der Waals surface area (Å²) in [7, 11) is 1.79. The van der Waals surface area contributed by atoms with Gasteiger partial charge in [-0.05, 0) is 32.1 Å². The Morgan fingerprint density at radius 2 is 2.00 bits per heavy atom. The topological polar surface area (TPSA) is 88.5 Å². The van der Waals surface area contributed by atoms with Crippen LogP contribution in [-0.4, -0.2) is 25.2 Å². The fourth-order valence-corrected chi connectivity index (χ4v) is 2.46. The number of anilines is 1. The number of aryl methyl sites for hydroxylation is 3. The average Bonchev–Trinajstić information content (AvgIpc) is 3.18. The summed E-state index contributed by atoms with van der Waals surface area (Å²) in [6, 6.07) is 11.5. The largest absolute Gasteiger partial charge is 0.334 e. The van der Waals surface area contributed by atoms with Crippen molar-refractivity contribution in [1.82, 2.24) is 19.3 Å². The van der Waals surface area contributed by atoms with Crippen molar-refractivity contribution in [3.8, 4) is 11.8 Å². The molecule has 0 saturated heterocycles. The third-order valence-corrected chi connectivity index (χ3v) is 3.86. The Bertz CT molecular complexity index is 1020. The van der Waals surface area contributed by atoms with E-state index in [9.17, 15) is 10.1 Å². The first-order chi connectivity index (χ1) is 12.5. The molecule has 3 rings (SSSR count). The first-order valence-electron chi connectivity index (χ1n) is 8.01. The fourth-order valence-electron chi connectivity index (χ4n) is 2.46. The first kappa shape index (κ1) is 17.2. The normalized spacial score (nSPS) is 11.2. The number of aromatic nitrogens is 4. The van der Waals surface area contributed by atoms with E-state index in [0.717, 1.165) is 16.9 Å². The molecule has 26 heavy (non-hydrogen) atoms. The maximum absolute atomic E-state index is 12.6. The van der Waals surface area contributed by atoms with Crippen LogP contribution in [0.5, 0.6) is 0 Å². The highest BCUT2D eigenvalue weighted by Crippen LogP contribution is 2.18. The summed E-state index contributed by atoms with van der Waals surface area (Å²) in [5, 5.41) is 16.5. The lowest BCUT2D eigenvalue weighted by atomic mass is 10.2. The molecule has 1 N–H and O–H groups in total. The molecule has 2 heterocycles. The number of rotatable bonds is 4. The van der Waals surface area contributed by atoms with Crippen molar-refractivity contribution in [3.05, 3.63) is 65.4 Å². The van der Waals surface area contributed by atoms with Crippen molar-refractivity contribution in [3.63, 3.8) is 0 Å². The predicted octanol–water partition coefficient (Wildman–Crippen LogP) is 2.77. The van der Waals surface area contributed by atoms with Crippen LogP contribution in [0.1, 0.15) is 17.0 Å². The molecular weight excluding hydrogens is 328 g/mol. The molecule has 1 amide bonds. The minimum absolute atomic E-state index is 0.0112. The van der Waals surface area contributed by atoms with Crippen LogP contribution in [0.4, 0.5) is 5.82 Å². The Kier molecular flexibility index (Phi) is 4.67. The number of imidazole rings is 1. The molecule has 0 unspecified atom stereocenters. The maximum atomic E-state index is 12.6. The van der Waals surface area contributed by atoms with E-state index in [1.54, 1.807) is 34.9 Å². The number of hydrogen-bond donors (Lipinski definition) is 1. The molecule has 130 valence electrons. The Balaban J connectivity index is 1.90. The van der Waals surface area contributed by atoms with E-state index >= 15 is 0 Å². The van der Waals surface area contributed by atoms with Gasteiger partial charge in [-0.3, -0.25) is 4.79 Å². The standard InChI is InChI=1S/C19H18N6O/c1-13-4-6-16(7-5-13)25-18(8-14(2)23-25)22-19(26)15(10-20)9-17-11-21-12-24(17)3/h4-9,11-12H,1-3H3,(H,22,26)/b15-9-. The van der Waals surface area contributed by atoms with Gasteiger partial charge >= 0.3 is 0 Å². The number of benzene rings is 1. The van der Waals surface area contributed by atoms with Gasteiger partial charge in [0.2, 0.25) is 0 Å². The van der Waals surface area contributed by atoms with Crippen LogP contribution in [0, 0.1) is 25.2 Å². The van der Waals surface area contributed by atoms with E-state index in [2.05, 4.69) is 15.4 Å². The molecule has 0 aliphatic carbocycles. The molecule has 0 fully saturated rings. The molecule has 0 bridgehead atoms. The number of nitriles is 1. The molecule has 1 aromatic carbocycles. The van der Waals surface area contributed by atoms with Gasteiger partial charge < -0.3 is 9.88 Å². The van der Waals surface area contributed by atoms with Gasteiger partial charge in [-0.15, -0.1) is 0 Å². The highest BCUT2D eigenvalue weighted by atomic mass is 16.1. The van der Waals surface area contributed by atoms with Crippen LogP contribution in [0.2, 0.25) is 0 Å². The highest BCUT2D eigenvalue weighted by molar-refractivity contribution is 6.09. The summed E-state index contributed by atoms with van der Waals surface area (Å²) in [5.74, 6) is 0.00414. The molecule has 0 atom stereocenters. The molecular formula is C19H18N6O. The molecule has 0 spiro atoms. The second-order valence-corrected chi connectivity index (χ2v) is 5.97. The van der Waals surface area contributed by atoms with Crippen molar-refractivity contribution < 1.29 is 4.79 Å². The summed E-state index contributed by atoms with van der Waals surface area (Å²) in [6.07, 6.45) is 4.70.